The number of halogens is 1. The van der Waals surface area contributed by atoms with E-state index in [2.05, 4.69) is 35.6 Å². The molecule has 24 heavy (non-hydrogen) atoms. The Morgan fingerprint density at radius 1 is 1.25 bits per heavy atom. The molecule has 0 radical (unpaired) electrons. The molecule has 2 N–H and O–H groups in total. The topological polar surface area (TPSA) is 39.7 Å². The molecule has 4 nitrogen and oxygen atoms in total. The number of hydrogen-bond acceptors (Lipinski definition) is 3. The largest absolute Gasteiger partial charge is 0.357 e. The van der Waals surface area contributed by atoms with Crippen molar-refractivity contribution in [2.75, 3.05) is 39.0 Å². The first-order valence-electron chi connectivity index (χ1n) is 9.51. The van der Waals surface area contributed by atoms with Crippen molar-refractivity contribution in [1.82, 2.24) is 15.5 Å². The summed E-state index contributed by atoms with van der Waals surface area (Å²) in [5.41, 5.74) is 0. The Bertz CT molecular complexity index is 361. The molecule has 6 heteroatoms. The predicted octanol–water partition coefficient (Wildman–Crippen LogP) is 3.57. The third kappa shape index (κ3) is 8.13. The molecule has 2 rings (SSSR count). The predicted molar refractivity (Wildman–Crippen MR) is 119 cm³/mol. The summed E-state index contributed by atoms with van der Waals surface area (Å²) in [6.07, 6.45) is 10.3. The SMILES string of the molecule is CCNC(=NCC(C)CN1CCCCC1)NC1CCC(SC)C1.I. The first kappa shape index (κ1) is 22.4. The number of thioether (sulfide) groups is 1. The van der Waals surface area contributed by atoms with Crippen LogP contribution < -0.4 is 10.6 Å². The lowest BCUT2D eigenvalue weighted by Gasteiger charge is -2.28. The second-order valence-electron chi connectivity index (χ2n) is 7.20. The van der Waals surface area contributed by atoms with Gasteiger partial charge >= 0.3 is 0 Å². The van der Waals surface area contributed by atoms with E-state index < -0.39 is 0 Å². The van der Waals surface area contributed by atoms with Gasteiger partial charge in [-0.25, -0.2) is 0 Å². The van der Waals surface area contributed by atoms with Crippen LogP contribution in [-0.2, 0) is 0 Å². The average molecular weight is 468 g/mol. The highest BCUT2D eigenvalue weighted by Gasteiger charge is 2.24. The number of piperidine rings is 1. The number of guanidine groups is 1. The number of rotatable bonds is 7. The fourth-order valence-corrected chi connectivity index (χ4v) is 4.48. The molecule has 1 aliphatic heterocycles. The molecular formula is C18H37IN4S. The van der Waals surface area contributed by atoms with Crippen molar-refractivity contribution in [2.45, 2.75) is 63.7 Å². The summed E-state index contributed by atoms with van der Waals surface area (Å²) in [6, 6.07) is 0.600. The van der Waals surface area contributed by atoms with Crippen LogP contribution in [0, 0.1) is 5.92 Å². The molecule has 142 valence electrons. The summed E-state index contributed by atoms with van der Waals surface area (Å²) in [5, 5.41) is 7.90. The van der Waals surface area contributed by atoms with Crippen molar-refractivity contribution in [3.63, 3.8) is 0 Å². The summed E-state index contributed by atoms with van der Waals surface area (Å²) >= 11 is 2.01. The van der Waals surface area contributed by atoms with Gasteiger partial charge in [0.2, 0.25) is 0 Å². The molecule has 1 aliphatic carbocycles. The number of hydrogen-bond donors (Lipinski definition) is 2. The third-order valence-corrected chi connectivity index (χ3v) is 6.08. The zero-order valence-electron chi connectivity index (χ0n) is 15.7. The van der Waals surface area contributed by atoms with Crippen LogP contribution in [0.25, 0.3) is 0 Å². The highest BCUT2D eigenvalue weighted by Crippen LogP contribution is 2.28. The average Bonchev–Trinajstić information content (AvgIpc) is 3.01. The van der Waals surface area contributed by atoms with Gasteiger partial charge in [-0.1, -0.05) is 13.3 Å². The molecule has 0 aromatic heterocycles. The fourth-order valence-electron chi connectivity index (χ4n) is 3.69. The van der Waals surface area contributed by atoms with E-state index in [1.54, 1.807) is 0 Å². The Labute approximate surface area is 170 Å². The minimum atomic E-state index is 0. The molecule has 1 saturated heterocycles. The molecule has 3 unspecified atom stereocenters. The van der Waals surface area contributed by atoms with Gasteiger partial charge in [0.15, 0.2) is 5.96 Å². The number of aliphatic imine (C=N–C) groups is 1. The summed E-state index contributed by atoms with van der Waals surface area (Å²) < 4.78 is 0. The van der Waals surface area contributed by atoms with Gasteiger partial charge in [0, 0.05) is 30.9 Å². The van der Waals surface area contributed by atoms with Crippen LogP contribution in [0.5, 0.6) is 0 Å². The van der Waals surface area contributed by atoms with E-state index in [0.29, 0.717) is 12.0 Å². The maximum Gasteiger partial charge on any atom is 0.191 e. The van der Waals surface area contributed by atoms with Gasteiger partial charge in [-0.05, 0) is 64.3 Å². The summed E-state index contributed by atoms with van der Waals surface area (Å²) in [5.74, 6) is 1.65. The number of nitrogens with one attached hydrogen (secondary N) is 2. The molecule has 0 aromatic rings. The highest BCUT2D eigenvalue weighted by atomic mass is 127. The second-order valence-corrected chi connectivity index (χ2v) is 8.34. The van der Waals surface area contributed by atoms with E-state index >= 15 is 0 Å². The van der Waals surface area contributed by atoms with E-state index in [1.165, 1.54) is 58.2 Å². The number of likely N-dealkylation sites (tertiary alicyclic amines) is 1. The third-order valence-electron chi connectivity index (χ3n) is 4.98. The lowest BCUT2D eigenvalue weighted by Crippen LogP contribution is -2.43. The maximum absolute atomic E-state index is 4.85. The summed E-state index contributed by atoms with van der Waals surface area (Å²) in [4.78, 5) is 7.47. The van der Waals surface area contributed by atoms with Crippen LogP contribution in [0.15, 0.2) is 4.99 Å². The van der Waals surface area contributed by atoms with Crippen LogP contribution in [0.4, 0.5) is 0 Å². The van der Waals surface area contributed by atoms with Crippen molar-refractivity contribution >= 4 is 41.7 Å². The minimum Gasteiger partial charge on any atom is -0.357 e. The van der Waals surface area contributed by atoms with Crippen molar-refractivity contribution in [1.29, 1.82) is 0 Å². The molecular weight excluding hydrogens is 431 g/mol. The Balaban J connectivity index is 0.00000288. The minimum absolute atomic E-state index is 0. The molecule has 2 aliphatic rings. The molecule has 0 amide bonds. The standard InChI is InChI=1S/C18H36N4S.HI/c1-4-19-18(21-16-8-9-17(12-16)23-3)20-13-15(2)14-22-10-6-5-7-11-22;/h15-17H,4-14H2,1-3H3,(H2,19,20,21);1H. The van der Waals surface area contributed by atoms with Gasteiger partial charge in [-0.3, -0.25) is 4.99 Å². The van der Waals surface area contributed by atoms with E-state index in [1.807, 2.05) is 11.8 Å². The second kappa shape index (κ2) is 12.6. The molecule has 0 aromatic carbocycles. The highest BCUT2D eigenvalue weighted by molar-refractivity contribution is 14.0. The fraction of sp³-hybridized carbons (Fsp3) is 0.944. The molecule has 0 bridgehead atoms. The smallest absolute Gasteiger partial charge is 0.191 e. The van der Waals surface area contributed by atoms with Crippen molar-refractivity contribution in [3.05, 3.63) is 0 Å². The molecule has 3 atom stereocenters. The lowest BCUT2D eigenvalue weighted by molar-refractivity contribution is 0.203. The van der Waals surface area contributed by atoms with Gasteiger partial charge in [-0.2, -0.15) is 11.8 Å². The first-order chi connectivity index (χ1) is 11.2. The Morgan fingerprint density at radius 3 is 2.62 bits per heavy atom. The monoisotopic (exact) mass is 468 g/mol. The van der Waals surface area contributed by atoms with Crippen LogP contribution in [-0.4, -0.2) is 61.1 Å². The van der Waals surface area contributed by atoms with Crippen LogP contribution in [0.1, 0.15) is 52.4 Å². The van der Waals surface area contributed by atoms with Gasteiger partial charge in [-0.15, -0.1) is 24.0 Å². The van der Waals surface area contributed by atoms with E-state index in [4.69, 9.17) is 4.99 Å². The van der Waals surface area contributed by atoms with E-state index in [0.717, 1.165) is 24.3 Å². The molecule has 1 heterocycles. The first-order valence-corrected chi connectivity index (χ1v) is 10.8. The number of nitrogens with zero attached hydrogens (tertiary/aromatic N) is 2. The lowest BCUT2D eigenvalue weighted by atomic mass is 10.1. The van der Waals surface area contributed by atoms with Crippen LogP contribution >= 0.6 is 35.7 Å². The maximum atomic E-state index is 4.85. The normalized spacial score (nSPS) is 26.7. The van der Waals surface area contributed by atoms with Gasteiger partial charge < -0.3 is 15.5 Å². The van der Waals surface area contributed by atoms with E-state index in [-0.39, 0.29) is 24.0 Å². The summed E-state index contributed by atoms with van der Waals surface area (Å²) in [7, 11) is 0. The van der Waals surface area contributed by atoms with E-state index in [9.17, 15) is 0 Å². The molecule has 2 fully saturated rings. The van der Waals surface area contributed by atoms with Gasteiger partial charge in [0.25, 0.3) is 0 Å². The Morgan fingerprint density at radius 2 is 2.00 bits per heavy atom. The van der Waals surface area contributed by atoms with Crippen molar-refractivity contribution in [2.24, 2.45) is 10.9 Å². The summed E-state index contributed by atoms with van der Waals surface area (Å²) in [6.45, 7) is 10.1. The Hall–Kier alpha value is 0.310. The zero-order valence-corrected chi connectivity index (χ0v) is 18.9. The quantitative estimate of drug-likeness (QED) is 0.341. The Kier molecular flexibility index (Phi) is 11.8. The molecule has 0 spiro atoms. The van der Waals surface area contributed by atoms with Gasteiger partial charge in [0.05, 0.1) is 0 Å². The van der Waals surface area contributed by atoms with Crippen molar-refractivity contribution in [3.8, 4) is 0 Å². The zero-order chi connectivity index (χ0) is 16.5. The van der Waals surface area contributed by atoms with Gasteiger partial charge in [0.1, 0.15) is 0 Å². The van der Waals surface area contributed by atoms with Crippen molar-refractivity contribution < 1.29 is 0 Å². The molecule has 1 saturated carbocycles. The van der Waals surface area contributed by atoms with Crippen LogP contribution in [0.2, 0.25) is 0 Å². The van der Waals surface area contributed by atoms with Crippen LogP contribution in [0.3, 0.4) is 0 Å².